The van der Waals surface area contributed by atoms with E-state index in [0.29, 0.717) is 13.1 Å². The Morgan fingerprint density at radius 1 is 1.09 bits per heavy atom. The van der Waals surface area contributed by atoms with Gasteiger partial charge in [-0.1, -0.05) is 36.4 Å². The molecule has 0 saturated heterocycles. The molecule has 4 heteroatoms. The molecule has 0 spiro atoms. The molecular weight excluding hydrogens is 274 g/mol. The minimum absolute atomic E-state index is 0.0916. The molecule has 2 N–H and O–H groups in total. The predicted octanol–water partition coefficient (Wildman–Crippen LogP) is 2.66. The lowest BCUT2D eigenvalue weighted by Gasteiger charge is -2.17. The maximum absolute atomic E-state index is 11.9. The van der Waals surface area contributed by atoms with Crippen LogP contribution in [0.25, 0.3) is 0 Å². The number of hydrogen-bond acceptors (Lipinski definition) is 2. The number of nitrogens with zero attached hydrogens (tertiary/aromatic N) is 1. The van der Waals surface area contributed by atoms with Crippen LogP contribution in [-0.2, 0) is 11.8 Å². The van der Waals surface area contributed by atoms with E-state index >= 15 is 0 Å². The number of urea groups is 1. The molecule has 1 aromatic heterocycles. The lowest BCUT2D eigenvalue weighted by atomic mass is 9.96. The predicted molar refractivity (Wildman–Crippen MR) is 86.7 cm³/mol. The fourth-order valence-corrected chi connectivity index (χ4v) is 2.69. The summed E-state index contributed by atoms with van der Waals surface area (Å²) in [6.07, 6.45) is 6.67. The number of pyridine rings is 1. The molecular formula is C18H21N3O. The van der Waals surface area contributed by atoms with Gasteiger partial charge in [0.1, 0.15) is 0 Å². The molecule has 0 bridgehead atoms. The molecule has 2 amide bonds. The van der Waals surface area contributed by atoms with Crippen molar-refractivity contribution in [1.29, 1.82) is 0 Å². The van der Waals surface area contributed by atoms with Crippen molar-refractivity contribution < 1.29 is 4.79 Å². The summed E-state index contributed by atoms with van der Waals surface area (Å²) in [6.45, 7) is 1.33. The van der Waals surface area contributed by atoms with Crippen LogP contribution < -0.4 is 10.6 Å². The first kappa shape index (κ1) is 14.6. The van der Waals surface area contributed by atoms with Crippen LogP contribution in [0.4, 0.5) is 4.79 Å². The van der Waals surface area contributed by atoms with Gasteiger partial charge in [-0.15, -0.1) is 0 Å². The van der Waals surface area contributed by atoms with Crippen molar-refractivity contribution >= 4 is 6.03 Å². The number of carbonyl (C=O) groups is 1. The zero-order chi connectivity index (χ0) is 15.3. The first-order chi connectivity index (χ1) is 10.8. The van der Waals surface area contributed by atoms with Crippen LogP contribution >= 0.6 is 0 Å². The van der Waals surface area contributed by atoms with Crippen LogP contribution in [0.15, 0.2) is 54.9 Å². The van der Waals surface area contributed by atoms with Crippen LogP contribution in [0.1, 0.15) is 24.0 Å². The van der Waals surface area contributed by atoms with Crippen molar-refractivity contribution in [1.82, 2.24) is 15.6 Å². The van der Waals surface area contributed by atoms with Gasteiger partial charge in [-0.25, -0.2) is 4.79 Å². The number of rotatable bonds is 6. The highest BCUT2D eigenvalue weighted by Crippen LogP contribution is 2.47. The fraction of sp³-hybridized carbons (Fsp3) is 0.333. The molecule has 1 saturated carbocycles. The summed E-state index contributed by atoms with van der Waals surface area (Å²) in [5.41, 5.74) is 2.61. The zero-order valence-corrected chi connectivity index (χ0v) is 12.6. The van der Waals surface area contributed by atoms with E-state index in [-0.39, 0.29) is 11.4 Å². The number of benzene rings is 1. The lowest BCUT2D eigenvalue weighted by Crippen LogP contribution is -2.40. The Labute approximate surface area is 131 Å². The Balaban J connectivity index is 1.41. The molecule has 2 aromatic rings. The third-order valence-electron chi connectivity index (χ3n) is 4.25. The minimum atomic E-state index is -0.0916. The monoisotopic (exact) mass is 295 g/mol. The van der Waals surface area contributed by atoms with Crippen LogP contribution in [0.2, 0.25) is 0 Å². The molecule has 0 aliphatic heterocycles. The first-order valence-corrected chi connectivity index (χ1v) is 7.75. The Kier molecular flexibility index (Phi) is 4.37. The topological polar surface area (TPSA) is 54.0 Å². The highest BCUT2D eigenvalue weighted by molar-refractivity contribution is 5.74. The molecule has 22 heavy (non-hydrogen) atoms. The van der Waals surface area contributed by atoms with Gasteiger partial charge in [0, 0.05) is 30.9 Å². The van der Waals surface area contributed by atoms with E-state index in [1.165, 1.54) is 5.56 Å². The van der Waals surface area contributed by atoms with Crippen molar-refractivity contribution in [3.8, 4) is 0 Å². The van der Waals surface area contributed by atoms with Gasteiger partial charge in [0.05, 0.1) is 0 Å². The third-order valence-corrected chi connectivity index (χ3v) is 4.25. The maximum Gasteiger partial charge on any atom is 0.314 e. The van der Waals surface area contributed by atoms with Crippen LogP contribution in [0.3, 0.4) is 0 Å². The molecule has 114 valence electrons. The molecule has 1 fully saturated rings. The second-order valence-electron chi connectivity index (χ2n) is 5.87. The maximum atomic E-state index is 11.9. The quantitative estimate of drug-likeness (QED) is 0.861. The average Bonchev–Trinajstić information content (AvgIpc) is 3.36. The van der Waals surface area contributed by atoms with Crippen molar-refractivity contribution in [3.63, 3.8) is 0 Å². The van der Waals surface area contributed by atoms with Gasteiger partial charge in [0.25, 0.3) is 0 Å². The van der Waals surface area contributed by atoms with Gasteiger partial charge >= 0.3 is 6.03 Å². The van der Waals surface area contributed by atoms with Crippen LogP contribution in [0, 0.1) is 0 Å². The van der Waals surface area contributed by atoms with E-state index in [9.17, 15) is 4.79 Å². The van der Waals surface area contributed by atoms with E-state index in [4.69, 9.17) is 0 Å². The Morgan fingerprint density at radius 3 is 2.59 bits per heavy atom. The minimum Gasteiger partial charge on any atom is -0.338 e. The summed E-state index contributed by atoms with van der Waals surface area (Å²) in [5, 5.41) is 5.91. The lowest BCUT2D eigenvalue weighted by molar-refractivity contribution is 0.240. The highest BCUT2D eigenvalue weighted by atomic mass is 16.2. The number of amides is 2. The van der Waals surface area contributed by atoms with E-state index in [0.717, 1.165) is 24.8 Å². The number of aromatic nitrogens is 1. The molecule has 1 heterocycles. The molecule has 0 atom stereocenters. The average molecular weight is 295 g/mol. The standard InChI is InChI=1S/C18H21N3O/c22-17(20-12-8-15-5-4-11-19-13-15)21-14-18(9-10-18)16-6-2-1-3-7-16/h1-7,11,13H,8-10,12,14H2,(H2,20,21,22). The zero-order valence-electron chi connectivity index (χ0n) is 12.6. The highest BCUT2D eigenvalue weighted by Gasteiger charge is 2.44. The van der Waals surface area contributed by atoms with Crippen molar-refractivity contribution in [3.05, 3.63) is 66.0 Å². The van der Waals surface area contributed by atoms with Crippen LogP contribution in [0.5, 0.6) is 0 Å². The van der Waals surface area contributed by atoms with Crippen molar-refractivity contribution in [2.45, 2.75) is 24.7 Å². The molecule has 4 nitrogen and oxygen atoms in total. The van der Waals surface area contributed by atoms with Gasteiger partial charge < -0.3 is 10.6 Å². The number of hydrogen-bond donors (Lipinski definition) is 2. The van der Waals surface area contributed by atoms with E-state index < -0.39 is 0 Å². The number of nitrogens with one attached hydrogen (secondary N) is 2. The largest absolute Gasteiger partial charge is 0.338 e. The summed E-state index contributed by atoms with van der Waals surface area (Å²) in [7, 11) is 0. The summed E-state index contributed by atoms with van der Waals surface area (Å²) in [5.74, 6) is 0. The molecule has 0 unspecified atom stereocenters. The summed E-state index contributed by atoms with van der Waals surface area (Å²) < 4.78 is 0. The van der Waals surface area contributed by atoms with Gasteiger partial charge in [0.2, 0.25) is 0 Å². The summed E-state index contributed by atoms with van der Waals surface area (Å²) >= 11 is 0. The second kappa shape index (κ2) is 6.60. The van der Waals surface area contributed by atoms with Gasteiger partial charge in [-0.2, -0.15) is 0 Å². The normalized spacial score (nSPS) is 15.1. The summed E-state index contributed by atoms with van der Waals surface area (Å²) in [6, 6.07) is 14.3. The van der Waals surface area contributed by atoms with Crippen LogP contribution in [-0.4, -0.2) is 24.1 Å². The second-order valence-corrected chi connectivity index (χ2v) is 5.87. The molecule has 3 rings (SSSR count). The summed E-state index contributed by atoms with van der Waals surface area (Å²) in [4.78, 5) is 16.0. The molecule has 1 aliphatic carbocycles. The van der Waals surface area contributed by atoms with E-state index in [1.807, 2.05) is 24.4 Å². The van der Waals surface area contributed by atoms with E-state index in [2.05, 4.69) is 39.9 Å². The SMILES string of the molecule is O=C(NCCc1cccnc1)NCC1(c2ccccc2)CC1. The van der Waals surface area contributed by atoms with Gasteiger partial charge in [0.15, 0.2) is 0 Å². The van der Waals surface area contributed by atoms with Gasteiger partial charge in [-0.3, -0.25) is 4.98 Å². The fourth-order valence-electron chi connectivity index (χ4n) is 2.69. The van der Waals surface area contributed by atoms with Gasteiger partial charge in [-0.05, 0) is 36.5 Å². The Morgan fingerprint density at radius 2 is 1.91 bits per heavy atom. The smallest absolute Gasteiger partial charge is 0.314 e. The Bertz CT molecular complexity index is 609. The Hall–Kier alpha value is -2.36. The van der Waals surface area contributed by atoms with E-state index in [1.54, 1.807) is 6.20 Å². The molecule has 1 aliphatic rings. The third kappa shape index (κ3) is 3.64. The van der Waals surface area contributed by atoms with Crippen molar-refractivity contribution in [2.24, 2.45) is 0 Å². The number of carbonyl (C=O) groups excluding carboxylic acids is 1. The van der Waals surface area contributed by atoms with Crippen molar-refractivity contribution in [2.75, 3.05) is 13.1 Å². The molecule has 0 radical (unpaired) electrons. The first-order valence-electron chi connectivity index (χ1n) is 7.75. The molecule has 1 aromatic carbocycles.